The Morgan fingerprint density at radius 3 is 1.13 bits per heavy atom. The topological polar surface area (TPSA) is 114 Å². The van der Waals surface area contributed by atoms with Crippen molar-refractivity contribution in [3.8, 4) is 0 Å². The van der Waals surface area contributed by atoms with Crippen molar-refractivity contribution >= 4 is 38.5 Å². The summed E-state index contributed by atoms with van der Waals surface area (Å²) in [4.78, 5) is 28.3. The molecule has 0 atom stereocenters. The average molecular weight is 784 g/mol. The Labute approximate surface area is 284 Å². The van der Waals surface area contributed by atoms with Gasteiger partial charge < -0.3 is 18.9 Å². The van der Waals surface area contributed by atoms with Crippen molar-refractivity contribution in [2.24, 2.45) is 0 Å². The van der Waals surface area contributed by atoms with E-state index in [1.165, 1.54) is 0 Å². The molecule has 46 heavy (non-hydrogen) atoms. The Balaban J connectivity index is 2.23. The van der Waals surface area contributed by atoms with Crippen LogP contribution in [0.3, 0.4) is 0 Å². The number of hydrogen-bond donors (Lipinski definition) is 0. The minimum atomic E-state index is -1.71. The van der Waals surface area contributed by atoms with Crippen molar-refractivity contribution < 1.29 is 47.5 Å². The van der Waals surface area contributed by atoms with Crippen LogP contribution in [0.5, 0.6) is 0 Å². The first-order valence-electron chi connectivity index (χ1n) is 17.2. The van der Waals surface area contributed by atoms with Crippen molar-refractivity contribution in [1.29, 1.82) is 0 Å². The summed E-state index contributed by atoms with van der Waals surface area (Å²) in [5.41, 5.74) is 0. The number of esters is 2. The van der Waals surface area contributed by atoms with Gasteiger partial charge in [-0.1, -0.05) is 0 Å². The predicted molar refractivity (Wildman–Crippen MR) is 185 cm³/mol. The van der Waals surface area contributed by atoms with Crippen molar-refractivity contribution in [1.82, 2.24) is 9.80 Å². The molecule has 0 spiro atoms. The summed E-state index contributed by atoms with van der Waals surface area (Å²) in [7, 11) is 0. The van der Waals surface area contributed by atoms with Gasteiger partial charge in [-0.15, -0.1) is 0 Å². The van der Waals surface area contributed by atoms with E-state index >= 15 is 0 Å². The summed E-state index contributed by atoms with van der Waals surface area (Å²) >= 11 is -3.43. The van der Waals surface area contributed by atoms with Crippen LogP contribution in [0.2, 0.25) is 45.0 Å². The van der Waals surface area contributed by atoms with E-state index in [1.54, 1.807) is 0 Å². The molecular weight excluding hydrogens is 718 g/mol. The normalized spacial score (nSPS) is 18.0. The SMILES string of the molecule is [CH3][Ge]([CH3])([CH3])[CH2]CC(=O)OCCOCCN1CCOCCOCCN(CCOCCOC(=O)C[CH2][Ge]([CH3])([CH3])[CH3])CCOCCOCC1. The molecule has 272 valence electrons. The van der Waals surface area contributed by atoms with Gasteiger partial charge in [-0.3, -0.25) is 0 Å². The van der Waals surface area contributed by atoms with E-state index in [2.05, 4.69) is 44.3 Å². The van der Waals surface area contributed by atoms with Gasteiger partial charge in [0, 0.05) is 0 Å². The third kappa shape index (κ3) is 29.8. The Kier molecular flexibility index (Phi) is 26.2. The molecule has 0 aromatic rings. The second kappa shape index (κ2) is 27.5. The van der Waals surface area contributed by atoms with Gasteiger partial charge in [-0.25, -0.2) is 0 Å². The second-order valence-electron chi connectivity index (χ2n) is 13.9. The zero-order valence-electron chi connectivity index (χ0n) is 29.9. The molecule has 0 aliphatic carbocycles. The van der Waals surface area contributed by atoms with Crippen molar-refractivity contribution in [2.75, 3.05) is 132 Å². The fraction of sp³-hybridized carbons (Fsp3) is 0.938. The van der Waals surface area contributed by atoms with Gasteiger partial charge in [-0.2, -0.15) is 0 Å². The molecule has 0 unspecified atom stereocenters. The number of rotatable bonds is 18. The predicted octanol–water partition coefficient (Wildman–Crippen LogP) is 3.25. The molecule has 0 bridgehead atoms. The van der Waals surface area contributed by atoms with Gasteiger partial charge in [0.05, 0.1) is 26.4 Å². The fourth-order valence-electron chi connectivity index (χ4n) is 4.21. The van der Waals surface area contributed by atoms with Crippen LogP contribution in [-0.2, 0) is 47.5 Å². The maximum absolute atomic E-state index is 11.9. The molecule has 0 aromatic carbocycles. The van der Waals surface area contributed by atoms with Crippen LogP contribution in [0.15, 0.2) is 0 Å². The van der Waals surface area contributed by atoms with Crippen molar-refractivity contribution in [3.05, 3.63) is 0 Å². The molecule has 1 fully saturated rings. The Hall–Kier alpha value is -0.294. The van der Waals surface area contributed by atoms with Gasteiger partial charge in [0.2, 0.25) is 0 Å². The number of hydrogen-bond acceptors (Lipinski definition) is 12. The van der Waals surface area contributed by atoms with Crippen molar-refractivity contribution in [3.63, 3.8) is 0 Å². The van der Waals surface area contributed by atoms with Gasteiger partial charge in [0.15, 0.2) is 0 Å². The third-order valence-corrected chi connectivity index (χ3v) is 14.5. The van der Waals surface area contributed by atoms with Crippen LogP contribution >= 0.6 is 0 Å². The van der Waals surface area contributed by atoms with E-state index < -0.39 is 26.5 Å². The standard InChI is InChI=1S/C32H66Ge2N2O10/c1-33(2,3)9-7-31(37)45-29-27-43-21-15-35-11-17-39-23-25-41-19-13-36(14-20-42-26-24-40-18-12-35)16-22-44-28-30-46-32(38)8-10-34(4,5)6/h7-30H2,1-6H3. The second-order valence-corrected chi connectivity index (χ2v) is 37.5. The summed E-state index contributed by atoms with van der Waals surface area (Å²) in [6.07, 6.45) is 1.03. The quantitative estimate of drug-likeness (QED) is 0.116. The molecule has 0 N–H and O–H groups in total. The molecule has 1 aliphatic rings. The summed E-state index contributed by atoms with van der Waals surface area (Å²) in [6, 6.07) is 0. The molecular formula is C32H66Ge2N2O10. The minimum absolute atomic E-state index is 0.123. The molecule has 14 heteroatoms. The average Bonchev–Trinajstić information content (AvgIpc) is 2.98. The number of nitrogens with zero attached hydrogens (tertiary/aromatic N) is 2. The van der Waals surface area contributed by atoms with Gasteiger partial charge in [-0.05, 0) is 0 Å². The third-order valence-electron chi connectivity index (χ3n) is 7.19. The van der Waals surface area contributed by atoms with Crippen molar-refractivity contribution in [2.45, 2.75) is 57.9 Å². The van der Waals surface area contributed by atoms with Crippen LogP contribution in [0.1, 0.15) is 12.8 Å². The molecule has 0 aromatic heterocycles. The van der Waals surface area contributed by atoms with Crippen LogP contribution in [0, 0.1) is 0 Å². The summed E-state index contributed by atoms with van der Waals surface area (Å²) in [5, 5.41) is 1.99. The first-order chi connectivity index (χ1) is 21.9. The molecule has 1 heterocycles. The molecule has 0 radical (unpaired) electrons. The van der Waals surface area contributed by atoms with E-state index in [0.29, 0.717) is 105 Å². The van der Waals surface area contributed by atoms with Gasteiger partial charge >= 0.3 is 240 Å². The molecule has 1 saturated heterocycles. The number of carbonyl (C=O) groups excluding carboxylic acids is 2. The molecule has 0 saturated carbocycles. The summed E-state index contributed by atoms with van der Waals surface area (Å²) < 4.78 is 45.3. The van der Waals surface area contributed by atoms with E-state index in [-0.39, 0.29) is 11.9 Å². The Morgan fingerprint density at radius 1 is 0.500 bits per heavy atom. The molecule has 0 amide bonds. The van der Waals surface area contributed by atoms with E-state index in [9.17, 15) is 9.59 Å². The Morgan fingerprint density at radius 2 is 0.826 bits per heavy atom. The molecule has 1 rings (SSSR count). The monoisotopic (exact) mass is 786 g/mol. The first kappa shape index (κ1) is 43.7. The Bertz CT molecular complexity index is 686. The molecule has 1 aliphatic heterocycles. The van der Waals surface area contributed by atoms with Crippen LogP contribution in [0.25, 0.3) is 0 Å². The van der Waals surface area contributed by atoms with E-state index in [4.69, 9.17) is 37.9 Å². The van der Waals surface area contributed by atoms with E-state index in [0.717, 1.165) is 49.8 Å². The maximum atomic E-state index is 11.9. The van der Waals surface area contributed by atoms with Crippen LogP contribution < -0.4 is 0 Å². The zero-order valence-corrected chi connectivity index (χ0v) is 34.1. The number of carbonyl (C=O) groups is 2. The summed E-state index contributed by atoms with van der Waals surface area (Å²) in [6.45, 7) is 11.6. The summed E-state index contributed by atoms with van der Waals surface area (Å²) in [5.74, 6) is 13.6. The number of ether oxygens (including phenoxy) is 8. The zero-order chi connectivity index (χ0) is 33.9. The first-order valence-corrected chi connectivity index (χ1v) is 32.7. The fourth-order valence-corrected chi connectivity index (χ4v) is 8.21. The van der Waals surface area contributed by atoms with Crippen LogP contribution in [0.4, 0.5) is 0 Å². The van der Waals surface area contributed by atoms with Crippen LogP contribution in [-0.4, -0.2) is 180 Å². The molecule has 12 nitrogen and oxygen atoms in total. The van der Waals surface area contributed by atoms with E-state index in [1.807, 2.05) is 0 Å². The van der Waals surface area contributed by atoms with Gasteiger partial charge in [0.25, 0.3) is 0 Å². The van der Waals surface area contributed by atoms with Gasteiger partial charge in [0.1, 0.15) is 0 Å².